The molecule has 146 valence electrons. The molecule has 7 heteroatoms. The third-order valence-electron chi connectivity index (χ3n) is 4.95. The van der Waals surface area contributed by atoms with E-state index in [1.807, 2.05) is 41.5 Å². The minimum atomic E-state index is -0.166. The van der Waals surface area contributed by atoms with Crippen LogP contribution >= 0.6 is 22.7 Å². The first-order valence-corrected chi connectivity index (χ1v) is 11.1. The predicted octanol–water partition coefficient (Wildman–Crippen LogP) is 4.67. The number of thiophene rings is 1. The zero-order valence-corrected chi connectivity index (χ0v) is 17.4. The summed E-state index contributed by atoms with van der Waals surface area (Å²) in [6.45, 7) is 5.47. The van der Waals surface area contributed by atoms with Crippen molar-refractivity contribution in [3.8, 4) is 9.88 Å². The Hall–Kier alpha value is -2.09. The molecule has 2 aromatic heterocycles. The number of hydrogen-bond acceptors (Lipinski definition) is 5. The SMILES string of the molecule is Cc1nc(-c2cccs2)sc1C(=O)N1CCCN(Cc2ccccc2F)CC1. The Balaban J connectivity index is 1.43. The highest BCUT2D eigenvalue weighted by molar-refractivity contribution is 7.22. The maximum absolute atomic E-state index is 13.9. The molecular weight excluding hydrogens is 393 g/mol. The first-order chi connectivity index (χ1) is 13.6. The molecule has 4 nitrogen and oxygen atoms in total. The lowest BCUT2D eigenvalue weighted by atomic mass is 10.2. The summed E-state index contributed by atoms with van der Waals surface area (Å²) in [6, 6.07) is 10.9. The van der Waals surface area contributed by atoms with Gasteiger partial charge in [0.2, 0.25) is 0 Å². The van der Waals surface area contributed by atoms with Gasteiger partial charge in [0.15, 0.2) is 0 Å². The van der Waals surface area contributed by atoms with E-state index in [9.17, 15) is 9.18 Å². The monoisotopic (exact) mass is 415 g/mol. The van der Waals surface area contributed by atoms with E-state index in [-0.39, 0.29) is 11.7 Å². The number of carbonyl (C=O) groups is 1. The Bertz CT molecular complexity index is 954. The molecule has 0 spiro atoms. The molecule has 3 heterocycles. The third-order valence-corrected chi connectivity index (χ3v) is 7.13. The van der Waals surface area contributed by atoms with E-state index < -0.39 is 0 Å². The van der Waals surface area contributed by atoms with Gasteiger partial charge >= 0.3 is 0 Å². The lowest BCUT2D eigenvalue weighted by molar-refractivity contribution is 0.0765. The Morgan fingerprint density at radius 1 is 1.14 bits per heavy atom. The smallest absolute Gasteiger partial charge is 0.265 e. The van der Waals surface area contributed by atoms with Gasteiger partial charge < -0.3 is 4.90 Å². The summed E-state index contributed by atoms with van der Waals surface area (Å²) in [5, 5.41) is 2.93. The van der Waals surface area contributed by atoms with E-state index in [2.05, 4.69) is 9.88 Å². The summed E-state index contributed by atoms with van der Waals surface area (Å²) in [6.07, 6.45) is 0.885. The van der Waals surface area contributed by atoms with Crippen molar-refractivity contribution < 1.29 is 9.18 Å². The Morgan fingerprint density at radius 3 is 2.79 bits per heavy atom. The van der Waals surface area contributed by atoms with E-state index in [1.165, 1.54) is 17.4 Å². The first kappa shape index (κ1) is 19.2. The molecule has 1 aliphatic heterocycles. The molecule has 1 fully saturated rings. The fourth-order valence-electron chi connectivity index (χ4n) is 3.44. The molecule has 0 saturated carbocycles. The number of aryl methyl sites for hydroxylation is 1. The molecule has 1 aromatic carbocycles. The van der Waals surface area contributed by atoms with E-state index >= 15 is 0 Å². The first-order valence-electron chi connectivity index (χ1n) is 9.38. The number of benzene rings is 1. The summed E-state index contributed by atoms with van der Waals surface area (Å²) < 4.78 is 13.9. The summed E-state index contributed by atoms with van der Waals surface area (Å²) >= 11 is 3.11. The van der Waals surface area contributed by atoms with Gasteiger partial charge in [0.1, 0.15) is 15.7 Å². The van der Waals surface area contributed by atoms with Crippen molar-refractivity contribution in [3.05, 3.63) is 63.7 Å². The molecule has 0 radical (unpaired) electrons. The van der Waals surface area contributed by atoms with Gasteiger partial charge in [-0.25, -0.2) is 9.37 Å². The van der Waals surface area contributed by atoms with Crippen LogP contribution in [0.2, 0.25) is 0 Å². The van der Waals surface area contributed by atoms with Crippen LogP contribution in [0.3, 0.4) is 0 Å². The van der Waals surface area contributed by atoms with Crippen LogP contribution in [-0.4, -0.2) is 46.9 Å². The highest BCUT2D eigenvalue weighted by Crippen LogP contribution is 2.31. The zero-order valence-electron chi connectivity index (χ0n) is 15.7. The largest absolute Gasteiger partial charge is 0.337 e. The molecule has 0 bridgehead atoms. The third kappa shape index (κ3) is 4.16. The lowest BCUT2D eigenvalue weighted by Gasteiger charge is -2.22. The number of nitrogens with zero attached hydrogens (tertiary/aromatic N) is 3. The maximum Gasteiger partial charge on any atom is 0.265 e. The second-order valence-electron chi connectivity index (χ2n) is 6.92. The molecule has 0 unspecified atom stereocenters. The summed E-state index contributed by atoms with van der Waals surface area (Å²) in [5.74, 6) is -0.105. The number of aromatic nitrogens is 1. The molecule has 3 aromatic rings. The molecule has 1 amide bonds. The van der Waals surface area contributed by atoms with Gasteiger partial charge in [0.25, 0.3) is 5.91 Å². The summed E-state index contributed by atoms with van der Waals surface area (Å²) in [7, 11) is 0. The molecule has 0 N–H and O–H groups in total. The van der Waals surface area contributed by atoms with Crippen LogP contribution in [0.15, 0.2) is 41.8 Å². The van der Waals surface area contributed by atoms with Gasteiger partial charge in [-0.2, -0.15) is 0 Å². The number of carbonyl (C=O) groups excluding carboxylic acids is 1. The average molecular weight is 416 g/mol. The second kappa shape index (κ2) is 8.51. The standard InChI is InChI=1S/C21H22FN3OS2/c1-15-19(28-20(23-15)18-8-4-13-27-18)21(26)25-10-5-9-24(11-12-25)14-16-6-2-3-7-17(16)22/h2-4,6-8,13H,5,9-12,14H2,1H3. The second-order valence-corrected chi connectivity index (χ2v) is 8.87. The van der Waals surface area contributed by atoms with Gasteiger partial charge in [0.05, 0.1) is 10.6 Å². The van der Waals surface area contributed by atoms with E-state index in [0.717, 1.165) is 46.5 Å². The van der Waals surface area contributed by atoms with Crippen molar-refractivity contribution in [3.63, 3.8) is 0 Å². The Morgan fingerprint density at radius 2 is 2.00 bits per heavy atom. The molecule has 1 saturated heterocycles. The van der Waals surface area contributed by atoms with Crippen LogP contribution < -0.4 is 0 Å². The van der Waals surface area contributed by atoms with E-state index in [4.69, 9.17) is 0 Å². The minimum absolute atomic E-state index is 0.0607. The normalized spacial score (nSPS) is 15.6. The predicted molar refractivity (Wildman–Crippen MR) is 112 cm³/mol. The van der Waals surface area contributed by atoms with Gasteiger partial charge in [-0.05, 0) is 30.9 Å². The van der Waals surface area contributed by atoms with Crippen molar-refractivity contribution in [1.82, 2.24) is 14.8 Å². The Kier molecular flexibility index (Phi) is 5.85. The highest BCUT2D eigenvalue weighted by atomic mass is 32.1. The fraction of sp³-hybridized carbons (Fsp3) is 0.333. The van der Waals surface area contributed by atoms with Crippen LogP contribution in [0.1, 0.15) is 27.3 Å². The van der Waals surface area contributed by atoms with Gasteiger partial charge in [-0.3, -0.25) is 9.69 Å². The minimum Gasteiger partial charge on any atom is -0.337 e. The molecule has 0 aliphatic carbocycles. The van der Waals surface area contributed by atoms with Crippen LogP contribution in [0.5, 0.6) is 0 Å². The van der Waals surface area contributed by atoms with Gasteiger partial charge in [0, 0.05) is 38.3 Å². The van der Waals surface area contributed by atoms with Crippen LogP contribution in [0.25, 0.3) is 9.88 Å². The maximum atomic E-state index is 13.9. The van der Waals surface area contributed by atoms with Crippen LogP contribution in [0.4, 0.5) is 4.39 Å². The lowest BCUT2D eigenvalue weighted by Crippen LogP contribution is -2.35. The molecule has 1 aliphatic rings. The fourth-order valence-corrected chi connectivity index (χ4v) is 5.27. The summed E-state index contributed by atoms with van der Waals surface area (Å²) in [4.78, 5) is 23.7. The van der Waals surface area contributed by atoms with Crippen molar-refractivity contribution in [2.75, 3.05) is 26.2 Å². The Labute approximate surface area is 172 Å². The van der Waals surface area contributed by atoms with Crippen LogP contribution in [-0.2, 0) is 6.54 Å². The average Bonchev–Trinajstić information content (AvgIpc) is 3.29. The van der Waals surface area contributed by atoms with E-state index in [1.54, 1.807) is 17.4 Å². The van der Waals surface area contributed by atoms with Crippen LogP contribution in [0, 0.1) is 12.7 Å². The molecular formula is C21H22FN3OS2. The van der Waals surface area contributed by atoms with Crippen molar-refractivity contribution >= 4 is 28.6 Å². The van der Waals surface area contributed by atoms with Crippen molar-refractivity contribution in [2.24, 2.45) is 0 Å². The number of thiazole rings is 1. The van der Waals surface area contributed by atoms with E-state index in [0.29, 0.717) is 18.7 Å². The molecule has 4 rings (SSSR count). The van der Waals surface area contributed by atoms with Crippen molar-refractivity contribution in [1.29, 1.82) is 0 Å². The number of halogens is 1. The molecule has 0 atom stereocenters. The zero-order chi connectivity index (χ0) is 19.5. The molecule has 28 heavy (non-hydrogen) atoms. The van der Waals surface area contributed by atoms with Gasteiger partial charge in [-0.15, -0.1) is 22.7 Å². The quantitative estimate of drug-likeness (QED) is 0.621. The highest BCUT2D eigenvalue weighted by Gasteiger charge is 2.24. The number of rotatable bonds is 4. The van der Waals surface area contributed by atoms with Gasteiger partial charge in [-0.1, -0.05) is 24.3 Å². The topological polar surface area (TPSA) is 36.4 Å². The number of amides is 1. The number of hydrogen-bond donors (Lipinski definition) is 0. The summed E-state index contributed by atoms with van der Waals surface area (Å²) in [5.41, 5.74) is 1.51. The van der Waals surface area contributed by atoms with Crippen molar-refractivity contribution in [2.45, 2.75) is 19.9 Å².